The lowest BCUT2D eigenvalue weighted by Gasteiger charge is -2.24. The van der Waals surface area contributed by atoms with Crippen LogP contribution < -0.4 is 4.74 Å². The molecule has 0 spiro atoms. The summed E-state index contributed by atoms with van der Waals surface area (Å²) >= 11 is 0. The number of carbonyl (C=O) groups is 1. The molecule has 1 aromatic carbocycles. The van der Waals surface area contributed by atoms with E-state index >= 15 is 0 Å². The van der Waals surface area contributed by atoms with Crippen LogP contribution >= 0.6 is 0 Å². The summed E-state index contributed by atoms with van der Waals surface area (Å²) in [6.07, 6.45) is 0.559. The molecule has 16 heavy (non-hydrogen) atoms. The minimum absolute atomic E-state index is 0.404. The van der Waals surface area contributed by atoms with E-state index in [1.54, 1.807) is 0 Å². The quantitative estimate of drug-likeness (QED) is 0.833. The van der Waals surface area contributed by atoms with E-state index in [9.17, 15) is 4.79 Å². The smallest absolute Gasteiger partial charge is 0.311 e. The Balaban J connectivity index is 2.44. The van der Waals surface area contributed by atoms with Crippen molar-refractivity contribution < 1.29 is 14.6 Å². The van der Waals surface area contributed by atoms with Crippen LogP contribution in [0.4, 0.5) is 0 Å². The number of hydrogen-bond donors (Lipinski definition) is 1. The predicted octanol–water partition coefficient (Wildman–Crippen LogP) is 2.76. The van der Waals surface area contributed by atoms with Gasteiger partial charge in [-0.25, -0.2) is 0 Å². The zero-order valence-corrected chi connectivity index (χ0v) is 9.56. The molecule has 2 rings (SSSR count). The van der Waals surface area contributed by atoms with E-state index in [-0.39, 0.29) is 0 Å². The van der Waals surface area contributed by atoms with Gasteiger partial charge in [-0.2, -0.15) is 0 Å². The molecule has 0 fully saturated rings. The molecule has 1 N–H and O–H groups in total. The molecule has 0 aliphatic carbocycles. The summed E-state index contributed by atoms with van der Waals surface area (Å²) in [5.74, 6) is -0.0439. The average Bonchev–Trinajstić information content (AvgIpc) is 2.27. The first kappa shape index (κ1) is 11.0. The van der Waals surface area contributed by atoms with Gasteiger partial charge >= 0.3 is 5.97 Å². The van der Waals surface area contributed by atoms with Gasteiger partial charge in [-0.1, -0.05) is 26.0 Å². The lowest BCUT2D eigenvalue weighted by molar-refractivity contribution is -0.139. The van der Waals surface area contributed by atoms with Gasteiger partial charge in [0, 0.05) is 5.56 Å². The number of carboxylic acid groups (broad SMARTS) is 1. The fourth-order valence-corrected chi connectivity index (χ4v) is 2.03. The Morgan fingerprint density at radius 2 is 2.25 bits per heavy atom. The second-order valence-electron chi connectivity index (χ2n) is 4.48. The highest BCUT2D eigenvalue weighted by molar-refractivity contribution is 5.77. The monoisotopic (exact) mass is 220 g/mol. The molecular formula is C13H16O3. The number of rotatable bonds is 2. The normalized spacial score (nSPS) is 19.1. The molecule has 0 bridgehead atoms. The molecule has 86 valence electrons. The number of aliphatic carboxylic acids is 1. The summed E-state index contributed by atoms with van der Waals surface area (Å²) in [6.45, 7) is 4.69. The minimum atomic E-state index is -0.759. The molecule has 0 saturated carbocycles. The SMILES string of the molecule is CC(C)c1ccc2c(c1)C(C(=O)O)CCO2. The predicted molar refractivity (Wildman–Crippen MR) is 61.0 cm³/mol. The van der Waals surface area contributed by atoms with Crippen LogP contribution in [0.15, 0.2) is 18.2 Å². The highest BCUT2D eigenvalue weighted by Crippen LogP contribution is 2.35. The zero-order chi connectivity index (χ0) is 11.7. The van der Waals surface area contributed by atoms with Gasteiger partial charge < -0.3 is 9.84 Å². The molecule has 0 radical (unpaired) electrons. The molecule has 1 atom stereocenters. The van der Waals surface area contributed by atoms with Gasteiger partial charge in [-0.15, -0.1) is 0 Å². The molecule has 1 heterocycles. The van der Waals surface area contributed by atoms with Gasteiger partial charge in [0.2, 0.25) is 0 Å². The van der Waals surface area contributed by atoms with Crippen molar-refractivity contribution in [2.75, 3.05) is 6.61 Å². The molecule has 1 aromatic rings. The topological polar surface area (TPSA) is 46.5 Å². The van der Waals surface area contributed by atoms with Gasteiger partial charge in [0.15, 0.2) is 0 Å². The average molecular weight is 220 g/mol. The van der Waals surface area contributed by atoms with Crippen molar-refractivity contribution in [3.8, 4) is 5.75 Å². The maximum atomic E-state index is 11.1. The van der Waals surface area contributed by atoms with Gasteiger partial charge in [0.05, 0.1) is 12.5 Å². The second kappa shape index (κ2) is 4.16. The van der Waals surface area contributed by atoms with E-state index in [1.807, 2.05) is 18.2 Å². The minimum Gasteiger partial charge on any atom is -0.493 e. The molecule has 1 unspecified atom stereocenters. The molecule has 1 aliphatic rings. The maximum Gasteiger partial charge on any atom is 0.311 e. The Hall–Kier alpha value is -1.51. The van der Waals surface area contributed by atoms with Crippen molar-refractivity contribution in [3.63, 3.8) is 0 Å². The Bertz CT molecular complexity index is 410. The van der Waals surface area contributed by atoms with Crippen LogP contribution in [0.1, 0.15) is 43.2 Å². The van der Waals surface area contributed by atoms with E-state index < -0.39 is 11.9 Å². The lowest BCUT2D eigenvalue weighted by atomic mass is 9.90. The van der Waals surface area contributed by atoms with Crippen LogP contribution in [0.3, 0.4) is 0 Å². The first-order valence-electron chi connectivity index (χ1n) is 5.59. The third-order valence-corrected chi connectivity index (χ3v) is 3.04. The number of carboxylic acids is 1. The molecule has 0 aromatic heterocycles. The highest BCUT2D eigenvalue weighted by atomic mass is 16.5. The second-order valence-corrected chi connectivity index (χ2v) is 4.48. The molecule has 0 saturated heterocycles. The van der Waals surface area contributed by atoms with E-state index in [0.717, 1.165) is 16.9 Å². The first-order valence-corrected chi connectivity index (χ1v) is 5.59. The Morgan fingerprint density at radius 3 is 2.88 bits per heavy atom. The summed E-state index contributed by atoms with van der Waals surface area (Å²) < 4.78 is 5.48. The van der Waals surface area contributed by atoms with Crippen molar-refractivity contribution in [1.82, 2.24) is 0 Å². The van der Waals surface area contributed by atoms with Crippen LogP contribution in [0.5, 0.6) is 5.75 Å². The molecule has 3 nitrogen and oxygen atoms in total. The van der Waals surface area contributed by atoms with Crippen LogP contribution in [-0.4, -0.2) is 17.7 Å². The fraction of sp³-hybridized carbons (Fsp3) is 0.462. The molecular weight excluding hydrogens is 204 g/mol. The highest BCUT2D eigenvalue weighted by Gasteiger charge is 2.27. The number of fused-ring (bicyclic) bond motifs is 1. The van der Waals surface area contributed by atoms with Crippen molar-refractivity contribution in [3.05, 3.63) is 29.3 Å². The molecule has 0 amide bonds. The summed E-state index contributed by atoms with van der Waals surface area (Å²) in [5.41, 5.74) is 1.99. The van der Waals surface area contributed by atoms with Crippen LogP contribution in [-0.2, 0) is 4.79 Å². The summed E-state index contributed by atoms with van der Waals surface area (Å²) in [4.78, 5) is 11.1. The largest absolute Gasteiger partial charge is 0.493 e. The van der Waals surface area contributed by atoms with E-state index in [4.69, 9.17) is 9.84 Å². The fourth-order valence-electron chi connectivity index (χ4n) is 2.03. The molecule has 1 aliphatic heterocycles. The Kier molecular flexibility index (Phi) is 2.86. The molecule has 3 heteroatoms. The van der Waals surface area contributed by atoms with E-state index in [2.05, 4.69) is 13.8 Å². The standard InChI is InChI=1S/C13H16O3/c1-8(2)9-3-4-12-11(7-9)10(13(14)15)5-6-16-12/h3-4,7-8,10H,5-6H2,1-2H3,(H,14,15). The van der Waals surface area contributed by atoms with Crippen molar-refractivity contribution >= 4 is 5.97 Å². The van der Waals surface area contributed by atoms with Gasteiger partial charge in [0.25, 0.3) is 0 Å². The van der Waals surface area contributed by atoms with Crippen molar-refractivity contribution in [2.24, 2.45) is 0 Å². The lowest BCUT2D eigenvalue weighted by Crippen LogP contribution is -2.21. The van der Waals surface area contributed by atoms with Gasteiger partial charge in [0.1, 0.15) is 5.75 Å². The first-order chi connectivity index (χ1) is 7.59. The Labute approximate surface area is 95.0 Å². The third kappa shape index (κ3) is 1.90. The van der Waals surface area contributed by atoms with Crippen LogP contribution in [0.2, 0.25) is 0 Å². The number of hydrogen-bond acceptors (Lipinski definition) is 2. The van der Waals surface area contributed by atoms with E-state index in [0.29, 0.717) is 18.9 Å². The van der Waals surface area contributed by atoms with Crippen molar-refractivity contribution in [2.45, 2.75) is 32.1 Å². The van der Waals surface area contributed by atoms with E-state index in [1.165, 1.54) is 0 Å². The van der Waals surface area contributed by atoms with Gasteiger partial charge in [-0.05, 0) is 24.0 Å². The van der Waals surface area contributed by atoms with Gasteiger partial charge in [-0.3, -0.25) is 4.79 Å². The third-order valence-electron chi connectivity index (χ3n) is 3.04. The zero-order valence-electron chi connectivity index (χ0n) is 9.56. The number of ether oxygens (including phenoxy) is 1. The van der Waals surface area contributed by atoms with Crippen LogP contribution in [0.25, 0.3) is 0 Å². The Morgan fingerprint density at radius 1 is 1.50 bits per heavy atom. The summed E-state index contributed by atoms with van der Waals surface area (Å²) in [5, 5.41) is 9.16. The maximum absolute atomic E-state index is 11.1. The summed E-state index contributed by atoms with van der Waals surface area (Å²) in [7, 11) is 0. The summed E-state index contributed by atoms with van der Waals surface area (Å²) in [6, 6.07) is 5.87. The number of benzene rings is 1. The van der Waals surface area contributed by atoms with Crippen LogP contribution in [0, 0.1) is 0 Å². The van der Waals surface area contributed by atoms with Crippen molar-refractivity contribution in [1.29, 1.82) is 0 Å².